The van der Waals surface area contributed by atoms with Crippen molar-refractivity contribution in [3.8, 4) is 0 Å². The minimum atomic E-state index is -0.139. The molecule has 0 saturated carbocycles. The molecule has 18 heavy (non-hydrogen) atoms. The lowest BCUT2D eigenvalue weighted by Gasteiger charge is -2.15. The van der Waals surface area contributed by atoms with Gasteiger partial charge in [0.1, 0.15) is 0 Å². The van der Waals surface area contributed by atoms with Crippen LogP contribution in [0.2, 0.25) is 10.0 Å². The molecule has 0 unspecified atom stereocenters. The number of anilines is 1. The van der Waals surface area contributed by atoms with Crippen molar-refractivity contribution in [1.29, 1.82) is 0 Å². The van der Waals surface area contributed by atoms with Crippen LogP contribution >= 0.6 is 35.4 Å². The average molecular weight is 304 g/mol. The van der Waals surface area contributed by atoms with Gasteiger partial charge in [-0.05, 0) is 30.4 Å². The normalized spacial score (nSPS) is 14.6. The van der Waals surface area contributed by atoms with Gasteiger partial charge in [-0.2, -0.15) is 0 Å². The smallest absolute Gasteiger partial charge is 0.243 e. The molecule has 1 aromatic rings. The summed E-state index contributed by atoms with van der Waals surface area (Å²) in [5.74, 6) is -0.139. The number of nitrogens with one attached hydrogen (secondary N) is 2. The predicted octanol–water partition coefficient (Wildman–Crippen LogP) is 2.12. The maximum Gasteiger partial charge on any atom is 0.243 e. The Bertz CT molecular complexity index is 495. The van der Waals surface area contributed by atoms with E-state index in [1.54, 1.807) is 18.2 Å². The molecule has 0 aliphatic carbocycles. The number of hydrogen-bond acceptors (Lipinski definition) is 2. The third-order valence-corrected chi connectivity index (χ3v) is 3.62. The molecule has 1 aromatic carbocycles. The number of thiocarbonyl (C=S) groups is 1. The van der Waals surface area contributed by atoms with E-state index >= 15 is 0 Å². The molecule has 1 fully saturated rings. The van der Waals surface area contributed by atoms with Gasteiger partial charge in [0.2, 0.25) is 5.91 Å². The SMILES string of the molecule is O=C(CN1CCNC1=S)Nc1ccc(Cl)c(Cl)c1. The summed E-state index contributed by atoms with van der Waals surface area (Å²) in [5, 5.41) is 7.22. The lowest BCUT2D eigenvalue weighted by Crippen LogP contribution is -2.35. The zero-order chi connectivity index (χ0) is 13.1. The molecule has 0 atom stereocenters. The lowest BCUT2D eigenvalue weighted by atomic mass is 10.3. The van der Waals surface area contributed by atoms with Gasteiger partial charge in [-0.15, -0.1) is 0 Å². The number of nitrogens with zero attached hydrogens (tertiary/aromatic N) is 1. The Balaban J connectivity index is 1.94. The fourth-order valence-electron chi connectivity index (χ4n) is 1.61. The first-order valence-corrected chi connectivity index (χ1v) is 6.50. The van der Waals surface area contributed by atoms with Crippen molar-refractivity contribution < 1.29 is 4.79 Å². The molecule has 0 radical (unpaired) electrons. The van der Waals surface area contributed by atoms with Gasteiger partial charge in [0.25, 0.3) is 0 Å². The minimum absolute atomic E-state index is 0.139. The van der Waals surface area contributed by atoms with E-state index in [-0.39, 0.29) is 12.5 Å². The summed E-state index contributed by atoms with van der Waals surface area (Å²) in [7, 11) is 0. The van der Waals surface area contributed by atoms with Gasteiger partial charge >= 0.3 is 0 Å². The molecule has 1 saturated heterocycles. The van der Waals surface area contributed by atoms with Gasteiger partial charge < -0.3 is 15.5 Å². The van der Waals surface area contributed by atoms with E-state index in [2.05, 4.69) is 10.6 Å². The molecule has 7 heteroatoms. The molecule has 1 amide bonds. The number of hydrogen-bond donors (Lipinski definition) is 2. The van der Waals surface area contributed by atoms with Gasteiger partial charge in [-0.3, -0.25) is 4.79 Å². The number of carbonyl (C=O) groups excluding carboxylic acids is 1. The molecule has 1 heterocycles. The molecule has 0 aromatic heterocycles. The van der Waals surface area contributed by atoms with E-state index < -0.39 is 0 Å². The van der Waals surface area contributed by atoms with E-state index in [9.17, 15) is 4.79 Å². The average Bonchev–Trinajstić information content (AvgIpc) is 2.70. The largest absolute Gasteiger partial charge is 0.361 e. The highest BCUT2D eigenvalue weighted by molar-refractivity contribution is 7.80. The van der Waals surface area contributed by atoms with Crippen LogP contribution in [-0.4, -0.2) is 35.6 Å². The van der Waals surface area contributed by atoms with Crippen molar-refractivity contribution in [2.75, 3.05) is 25.0 Å². The quantitative estimate of drug-likeness (QED) is 0.840. The van der Waals surface area contributed by atoms with Crippen LogP contribution in [0.15, 0.2) is 18.2 Å². The van der Waals surface area contributed by atoms with Crippen molar-refractivity contribution in [3.63, 3.8) is 0 Å². The first-order valence-electron chi connectivity index (χ1n) is 5.34. The van der Waals surface area contributed by atoms with E-state index in [1.807, 2.05) is 4.90 Å². The Kier molecular flexibility index (Phi) is 4.27. The van der Waals surface area contributed by atoms with Gasteiger partial charge in [0, 0.05) is 18.8 Å². The third-order valence-electron chi connectivity index (χ3n) is 2.48. The highest BCUT2D eigenvalue weighted by Gasteiger charge is 2.18. The van der Waals surface area contributed by atoms with Crippen LogP contribution < -0.4 is 10.6 Å². The topological polar surface area (TPSA) is 44.4 Å². The van der Waals surface area contributed by atoms with Crippen LogP contribution in [0.4, 0.5) is 5.69 Å². The number of amides is 1. The molecule has 1 aliphatic rings. The highest BCUT2D eigenvalue weighted by atomic mass is 35.5. The van der Waals surface area contributed by atoms with Crippen molar-refractivity contribution in [2.45, 2.75) is 0 Å². The standard InChI is InChI=1S/C11H11Cl2N3OS/c12-8-2-1-7(5-9(8)13)15-10(17)6-16-4-3-14-11(16)18/h1-2,5H,3-4,6H2,(H,14,18)(H,15,17). The van der Waals surface area contributed by atoms with E-state index in [0.29, 0.717) is 20.8 Å². The fourth-order valence-corrected chi connectivity index (χ4v) is 2.17. The Morgan fingerprint density at radius 1 is 1.44 bits per heavy atom. The summed E-state index contributed by atoms with van der Waals surface area (Å²) in [6, 6.07) is 4.95. The summed E-state index contributed by atoms with van der Waals surface area (Å²) < 4.78 is 0. The molecular weight excluding hydrogens is 293 g/mol. The lowest BCUT2D eigenvalue weighted by molar-refractivity contribution is -0.116. The third kappa shape index (κ3) is 3.25. The summed E-state index contributed by atoms with van der Waals surface area (Å²) in [4.78, 5) is 13.6. The molecule has 2 rings (SSSR count). The molecule has 2 N–H and O–H groups in total. The van der Waals surface area contributed by atoms with E-state index in [4.69, 9.17) is 35.4 Å². The van der Waals surface area contributed by atoms with Crippen molar-refractivity contribution in [1.82, 2.24) is 10.2 Å². The molecule has 0 bridgehead atoms. The Morgan fingerprint density at radius 2 is 2.22 bits per heavy atom. The second kappa shape index (κ2) is 5.73. The zero-order valence-corrected chi connectivity index (χ0v) is 11.7. The first kappa shape index (κ1) is 13.4. The molecule has 4 nitrogen and oxygen atoms in total. The van der Waals surface area contributed by atoms with Gasteiger partial charge in [0.05, 0.1) is 16.6 Å². The van der Waals surface area contributed by atoms with Crippen LogP contribution in [0.3, 0.4) is 0 Å². The van der Waals surface area contributed by atoms with Crippen LogP contribution in [0.25, 0.3) is 0 Å². The summed E-state index contributed by atoms with van der Waals surface area (Å²) in [5.41, 5.74) is 0.618. The second-order valence-corrected chi connectivity index (χ2v) is 5.03. The maximum atomic E-state index is 11.8. The number of rotatable bonds is 3. The maximum absolute atomic E-state index is 11.8. The van der Waals surface area contributed by atoms with Gasteiger partial charge in [0.15, 0.2) is 5.11 Å². The summed E-state index contributed by atoms with van der Waals surface area (Å²) >= 11 is 16.7. The number of benzene rings is 1. The predicted molar refractivity (Wildman–Crippen MR) is 77.3 cm³/mol. The Labute approximate surface area is 120 Å². The molecule has 1 aliphatic heterocycles. The van der Waals surface area contributed by atoms with Gasteiger partial charge in [-0.25, -0.2) is 0 Å². The van der Waals surface area contributed by atoms with E-state index in [1.165, 1.54) is 0 Å². The Morgan fingerprint density at radius 3 is 2.83 bits per heavy atom. The van der Waals surface area contributed by atoms with Crippen molar-refractivity contribution in [3.05, 3.63) is 28.2 Å². The second-order valence-electron chi connectivity index (χ2n) is 3.83. The molecular formula is C11H11Cl2N3OS. The van der Waals surface area contributed by atoms with Crippen LogP contribution in [0.1, 0.15) is 0 Å². The van der Waals surface area contributed by atoms with Crippen LogP contribution in [-0.2, 0) is 4.79 Å². The monoisotopic (exact) mass is 303 g/mol. The highest BCUT2D eigenvalue weighted by Crippen LogP contribution is 2.24. The summed E-state index contributed by atoms with van der Waals surface area (Å²) in [6.45, 7) is 1.75. The summed E-state index contributed by atoms with van der Waals surface area (Å²) in [6.07, 6.45) is 0. The van der Waals surface area contributed by atoms with Crippen LogP contribution in [0, 0.1) is 0 Å². The van der Waals surface area contributed by atoms with Crippen molar-refractivity contribution in [2.24, 2.45) is 0 Å². The molecule has 96 valence electrons. The fraction of sp³-hybridized carbons (Fsp3) is 0.273. The molecule has 0 spiro atoms. The number of carbonyl (C=O) groups is 1. The van der Waals surface area contributed by atoms with Gasteiger partial charge in [-0.1, -0.05) is 23.2 Å². The van der Waals surface area contributed by atoms with Crippen LogP contribution in [0.5, 0.6) is 0 Å². The van der Waals surface area contributed by atoms with E-state index in [0.717, 1.165) is 13.1 Å². The number of halogens is 2. The first-order chi connectivity index (χ1) is 8.56. The Hall–Kier alpha value is -1.04. The minimum Gasteiger partial charge on any atom is -0.361 e. The van der Waals surface area contributed by atoms with Crippen molar-refractivity contribution >= 4 is 52.1 Å². The zero-order valence-electron chi connectivity index (χ0n) is 9.37.